The molecule has 0 aliphatic heterocycles. The van der Waals surface area contributed by atoms with Crippen LogP contribution in [0.4, 0.5) is 0 Å². The van der Waals surface area contributed by atoms with Crippen LogP contribution in [0.5, 0.6) is 5.75 Å². The fraction of sp³-hybridized carbons (Fsp3) is 0.231. The number of methoxy groups -OCH3 is 1. The number of hydrogen-bond acceptors (Lipinski definition) is 2. The normalized spacial score (nSPS) is 16.1. The third-order valence-corrected chi connectivity index (χ3v) is 5.11. The molecule has 2 nitrogen and oxygen atoms in total. The van der Waals surface area contributed by atoms with Crippen molar-refractivity contribution < 1.29 is 4.74 Å². The van der Waals surface area contributed by atoms with Crippen molar-refractivity contribution in [3.63, 3.8) is 0 Å². The minimum absolute atomic E-state index is 0.0435. The minimum atomic E-state index is -0.0435. The molecule has 3 aromatic rings. The lowest BCUT2D eigenvalue weighted by atomic mass is 9.85. The molecule has 28 heavy (non-hydrogen) atoms. The molecule has 142 valence electrons. The Hall–Kier alpha value is -3.00. The molecule has 3 aromatic carbocycles. The van der Waals surface area contributed by atoms with Crippen LogP contribution in [-0.2, 0) is 0 Å². The highest BCUT2D eigenvalue weighted by atomic mass is 16.5. The predicted molar refractivity (Wildman–Crippen MR) is 117 cm³/mol. The lowest BCUT2D eigenvalue weighted by molar-refractivity contribution is 0.414. The van der Waals surface area contributed by atoms with Crippen molar-refractivity contribution in [1.82, 2.24) is 5.32 Å². The van der Waals surface area contributed by atoms with Gasteiger partial charge in [-0.1, -0.05) is 60.7 Å². The van der Waals surface area contributed by atoms with Gasteiger partial charge in [0.15, 0.2) is 0 Å². The summed E-state index contributed by atoms with van der Waals surface area (Å²) in [5.41, 5.74) is 7.58. The van der Waals surface area contributed by atoms with Gasteiger partial charge in [0.1, 0.15) is 5.75 Å². The Morgan fingerprint density at radius 1 is 0.821 bits per heavy atom. The number of fused-ring (bicyclic) bond motifs is 1. The summed E-state index contributed by atoms with van der Waals surface area (Å²) in [4.78, 5) is 0. The Labute approximate surface area is 167 Å². The molecule has 0 heterocycles. The molecule has 0 aromatic heterocycles. The molecule has 0 radical (unpaired) electrons. The molecule has 0 spiro atoms. The van der Waals surface area contributed by atoms with Crippen LogP contribution in [0.1, 0.15) is 48.9 Å². The van der Waals surface area contributed by atoms with Crippen molar-refractivity contribution >= 4 is 11.3 Å². The number of allylic oxidation sites excluding steroid dienone is 1. The zero-order valence-corrected chi connectivity index (χ0v) is 17.0. The third-order valence-electron chi connectivity index (χ3n) is 5.11. The maximum absolute atomic E-state index is 5.56. The van der Waals surface area contributed by atoms with Crippen LogP contribution in [0, 0.1) is 0 Å². The number of nitrogens with one attached hydrogen (secondary N) is 1. The summed E-state index contributed by atoms with van der Waals surface area (Å²) < 4.78 is 5.56. The van der Waals surface area contributed by atoms with E-state index in [0.29, 0.717) is 0 Å². The highest BCUT2D eigenvalue weighted by Gasteiger charge is 2.35. The van der Waals surface area contributed by atoms with Gasteiger partial charge < -0.3 is 10.1 Å². The van der Waals surface area contributed by atoms with Crippen molar-refractivity contribution in [2.45, 2.75) is 32.2 Å². The fourth-order valence-corrected chi connectivity index (χ4v) is 4.01. The van der Waals surface area contributed by atoms with Crippen LogP contribution in [0.15, 0.2) is 78.9 Å². The smallest absolute Gasteiger partial charge is 0.119 e. The largest absolute Gasteiger partial charge is 0.497 e. The van der Waals surface area contributed by atoms with Crippen molar-refractivity contribution in [2.24, 2.45) is 0 Å². The first-order chi connectivity index (χ1) is 13.5. The average Bonchev–Trinajstić information content (AvgIpc) is 3.01. The molecule has 1 aliphatic carbocycles. The lowest BCUT2D eigenvalue weighted by Gasteiger charge is -2.25. The van der Waals surface area contributed by atoms with Gasteiger partial charge in [0, 0.05) is 22.7 Å². The first-order valence-corrected chi connectivity index (χ1v) is 9.79. The Morgan fingerprint density at radius 2 is 1.46 bits per heavy atom. The van der Waals surface area contributed by atoms with E-state index in [1.807, 2.05) is 0 Å². The predicted octanol–water partition coefficient (Wildman–Crippen LogP) is 6.10. The first-order valence-electron chi connectivity index (χ1n) is 9.79. The number of ether oxygens (including phenoxy) is 1. The van der Waals surface area contributed by atoms with Gasteiger partial charge in [-0.15, -0.1) is 0 Å². The van der Waals surface area contributed by atoms with E-state index in [0.717, 1.165) is 5.75 Å². The zero-order valence-electron chi connectivity index (χ0n) is 17.0. The molecule has 1 unspecified atom stereocenters. The number of rotatable bonds is 4. The molecule has 1 atom stereocenters. The van der Waals surface area contributed by atoms with Gasteiger partial charge in [0.2, 0.25) is 0 Å². The van der Waals surface area contributed by atoms with Crippen LogP contribution in [-0.4, -0.2) is 12.6 Å². The zero-order chi connectivity index (χ0) is 19.7. The monoisotopic (exact) mass is 369 g/mol. The summed E-state index contributed by atoms with van der Waals surface area (Å²) in [6.45, 7) is 6.63. The minimum Gasteiger partial charge on any atom is -0.497 e. The van der Waals surface area contributed by atoms with Gasteiger partial charge >= 0.3 is 0 Å². The van der Waals surface area contributed by atoms with E-state index in [-0.39, 0.29) is 11.5 Å². The SMILES string of the molecule is COc1ccc2c(c1)C(c1ccccc1)C(c1ccccc1)=C2NC(C)(C)C. The topological polar surface area (TPSA) is 21.3 Å². The molecule has 2 heteroatoms. The summed E-state index contributed by atoms with van der Waals surface area (Å²) in [5.74, 6) is 1.06. The van der Waals surface area contributed by atoms with E-state index in [4.69, 9.17) is 4.74 Å². The number of benzene rings is 3. The maximum Gasteiger partial charge on any atom is 0.119 e. The number of hydrogen-bond donors (Lipinski definition) is 1. The van der Waals surface area contributed by atoms with E-state index in [1.165, 1.54) is 33.5 Å². The molecule has 1 aliphatic rings. The Bertz CT molecular complexity index is 998. The Morgan fingerprint density at radius 3 is 2.07 bits per heavy atom. The van der Waals surface area contributed by atoms with Crippen LogP contribution < -0.4 is 10.1 Å². The van der Waals surface area contributed by atoms with Gasteiger partial charge in [0.05, 0.1) is 7.11 Å². The quantitative estimate of drug-likeness (QED) is 0.600. The molecular formula is C26H27NO. The molecular weight excluding hydrogens is 342 g/mol. The summed E-state index contributed by atoms with van der Waals surface area (Å²) in [7, 11) is 1.73. The van der Waals surface area contributed by atoms with Crippen molar-refractivity contribution in [1.29, 1.82) is 0 Å². The van der Waals surface area contributed by atoms with E-state index in [2.05, 4.69) is 105 Å². The molecule has 0 bridgehead atoms. The highest BCUT2D eigenvalue weighted by Crippen LogP contribution is 2.50. The molecule has 0 amide bonds. The summed E-state index contributed by atoms with van der Waals surface area (Å²) in [6.07, 6.45) is 0. The third kappa shape index (κ3) is 3.43. The molecule has 0 saturated carbocycles. The highest BCUT2D eigenvalue weighted by molar-refractivity contribution is 6.00. The van der Waals surface area contributed by atoms with E-state index in [1.54, 1.807) is 7.11 Å². The van der Waals surface area contributed by atoms with E-state index < -0.39 is 0 Å². The van der Waals surface area contributed by atoms with Gasteiger partial charge in [-0.3, -0.25) is 0 Å². The summed E-state index contributed by atoms with van der Waals surface area (Å²) >= 11 is 0. The van der Waals surface area contributed by atoms with Crippen molar-refractivity contribution in [2.75, 3.05) is 7.11 Å². The second-order valence-electron chi connectivity index (χ2n) is 8.33. The van der Waals surface area contributed by atoms with Crippen molar-refractivity contribution in [3.05, 3.63) is 101 Å². The Kier molecular flexibility index (Phi) is 4.72. The second kappa shape index (κ2) is 7.20. The van der Waals surface area contributed by atoms with Crippen LogP contribution in [0.25, 0.3) is 11.3 Å². The fourth-order valence-electron chi connectivity index (χ4n) is 4.01. The summed E-state index contributed by atoms with van der Waals surface area (Å²) in [6, 6.07) is 27.9. The van der Waals surface area contributed by atoms with Crippen LogP contribution in [0.2, 0.25) is 0 Å². The van der Waals surface area contributed by atoms with Gasteiger partial charge in [-0.05, 0) is 61.2 Å². The van der Waals surface area contributed by atoms with Gasteiger partial charge in [-0.25, -0.2) is 0 Å². The summed E-state index contributed by atoms with van der Waals surface area (Å²) in [5, 5.41) is 3.80. The van der Waals surface area contributed by atoms with Gasteiger partial charge in [0.25, 0.3) is 0 Å². The average molecular weight is 370 g/mol. The molecule has 4 rings (SSSR count). The lowest BCUT2D eigenvalue weighted by Crippen LogP contribution is -2.34. The molecule has 0 saturated heterocycles. The standard InChI is InChI=1S/C26H27NO/c1-26(2,3)27-25-21-16-15-20(28-4)17-22(21)23(18-11-7-5-8-12-18)24(25)19-13-9-6-10-14-19/h5-17,23,27H,1-4H3. The Balaban J connectivity index is 2.00. The van der Waals surface area contributed by atoms with Gasteiger partial charge in [-0.2, -0.15) is 0 Å². The van der Waals surface area contributed by atoms with Crippen molar-refractivity contribution in [3.8, 4) is 5.75 Å². The maximum atomic E-state index is 5.56. The van der Waals surface area contributed by atoms with Crippen LogP contribution in [0.3, 0.4) is 0 Å². The van der Waals surface area contributed by atoms with E-state index in [9.17, 15) is 0 Å². The molecule has 0 fully saturated rings. The van der Waals surface area contributed by atoms with E-state index >= 15 is 0 Å². The molecule has 1 N–H and O–H groups in total. The first kappa shape index (κ1) is 18.4. The second-order valence-corrected chi connectivity index (χ2v) is 8.33. The van der Waals surface area contributed by atoms with Crippen LogP contribution >= 0.6 is 0 Å².